The van der Waals surface area contributed by atoms with E-state index in [0.29, 0.717) is 55.5 Å². The molecule has 0 unspecified atom stereocenters. The minimum absolute atomic E-state index is 0.172. The van der Waals surface area contributed by atoms with Crippen LogP contribution in [0.1, 0.15) is 27.0 Å². The van der Waals surface area contributed by atoms with Crippen molar-refractivity contribution in [3.05, 3.63) is 80.5 Å². The zero-order chi connectivity index (χ0) is 24.4. The Morgan fingerprint density at radius 1 is 0.882 bits per heavy atom. The molecule has 3 aromatic rings. The molecule has 0 atom stereocenters. The van der Waals surface area contributed by atoms with Crippen LogP contribution in [-0.4, -0.2) is 27.1 Å². The van der Waals surface area contributed by atoms with E-state index >= 15 is 0 Å². The molecule has 0 saturated carbocycles. The van der Waals surface area contributed by atoms with Crippen molar-refractivity contribution in [1.29, 1.82) is 0 Å². The molecule has 0 aliphatic carbocycles. The van der Waals surface area contributed by atoms with E-state index in [1.165, 1.54) is 14.2 Å². The number of ketones is 1. The average molecular weight is 501 g/mol. The number of carbonyl (C=O) groups is 1. The van der Waals surface area contributed by atoms with Crippen LogP contribution in [0.25, 0.3) is 6.08 Å². The summed E-state index contributed by atoms with van der Waals surface area (Å²) in [4.78, 5) is 13.0. The highest BCUT2D eigenvalue weighted by Gasteiger charge is 2.31. The first-order chi connectivity index (χ1) is 16.4. The minimum Gasteiger partial charge on any atom is -0.493 e. The van der Waals surface area contributed by atoms with E-state index in [0.717, 1.165) is 5.56 Å². The van der Waals surface area contributed by atoms with Crippen LogP contribution >= 0.6 is 23.2 Å². The molecule has 34 heavy (non-hydrogen) atoms. The van der Waals surface area contributed by atoms with Crippen molar-refractivity contribution in [2.45, 2.75) is 13.5 Å². The lowest BCUT2D eigenvalue weighted by molar-refractivity contribution is 0.101. The fourth-order valence-electron chi connectivity index (χ4n) is 3.69. The zero-order valence-corrected chi connectivity index (χ0v) is 20.5. The third-order valence-electron chi connectivity index (χ3n) is 5.44. The van der Waals surface area contributed by atoms with Crippen molar-refractivity contribution in [2.24, 2.45) is 0 Å². The van der Waals surface area contributed by atoms with Gasteiger partial charge in [0, 0.05) is 11.1 Å². The summed E-state index contributed by atoms with van der Waals surface area (Å²) in [6.45, 7) is 2.13. The van der Waals surface area contributed by atoms with Gasteiger partial charge in [-0.05, 0) is 55.0 Å². The van der Waals surface area contributed by atoms with Crippen molar-refractivity contribution in [3.63, 3.8) is 0 Å². The molecule has 8 heteroatoms. The molecular formula is C26H22Cl2O6. The number of carbonyl (C=O) groups excluding carboxylic acids is 1. The van der Waals surface area contributed by atoms with E-state index < -0.39 is 0 Å². The van der Waals surface area contributed by atoms with Crippen molar-refractivity contribution < 1.29 is 28.5 Å². The highest BCUT2D eigenvalue weighted by Crippen LogP contribution is 2.43. The molecule has 1 heterocycles. The van der Waals surface area contributed by atoms with Crippen LogP contribution in [0.4, 0.5) is 0 Å². The molecule has 1 aliphatic rings. The maximum absolute atomic E-state index is 13.0. The number of hydrogen-bond acceptors (Lipinski definition) is 6. The van der Waals surface area contributed by atoms with E-state index in [1.807, 2.05) is 13.0 Å². The van der Waals surface area contributed by atoms with E-state index in [4.69, 9.17) is 46.9 Å². The highest BCUT2D eigenvalue weighted by molar-refractivity contribution is 6.42. The SMILES string of the molecule is COc1ccc(/C=C2\Oc3c(ccc(OCc4ccc(Cl)c(Cl)c4)c3C)C2=O)c(OC)c1OC. The molecule has 3 aromatic carbocycles. The van der Waals surface area contributed by atoms with Crippen LogP contribution < -0.4 is 23.7 Å². The van der Waals surface area contributed by atoms with E-state index in [2.05, 4.69) is 0 Å². The number of halogens is 2. The molecule has 0 spiro atoms. The highest BCUT2D eigenvalue weighted by atomic mass is 35.5. The lowest BCUT2D eigenvalue weighted by atomic mass is 10.1. The normalized spacial score (nSPS) is 13.5. The molecular weight excluding hydrogens is 479 g/mol. The van der Waals surface area contributed by atoms with Gasteiger partial charge in [0.2, 0.25) is 11.5 Å². The summed E-state index contributed by atoms with van der Waals surface area (Å²) in [6, 6.07) is 12.3. The maximum Gasteiger partial charge on any atom is 0.231 e. The summed E-state index contributed by atoms with van der Waals surface area (Å²) >= 11 is 12.1. The number of ether oxygens (including phenoxy) is 5. The smallest absolute Gasteiger partial charge is 0.231 e. The Morgan fingerprint density at radius 2 is 1.62 bits per heavy atom. The second-order valence-corrected chi connectivity index (χ2v) is 8.28. The van der Waals surface area contributed by atoms with Gasteiger partial charge in [0.05, 0.1) is 36.9 Å². The number of Topliss-reactive ketones (excluding diaryl/α,β-unsaturated/α-hetero) is 1. The predicted octanol–water partition coefficient (Wildman–Crippen LogP) is 6.52. The first kappa shape index (κ1) is 23.8. The third kappa shape index (κ3) is 4.39. The third-order valence-corrected chi connectivity index (χ3v) is 6.18. The fourth-order valence-corrected chi connectivity index (χ4v) is 4.01. The summed E-state index contributed by atoms with van der Waals surface area (Å²) in [5.41, 5.74) is 2.66. The number of allylic oxidation sites excluding steroid dienone is 1. The van der Waals surface area contributed by atoms with Gasteiger partial charge < -0.3 is 23.7 Å². The second-order valence-electron chi connectivity index (χ2n) is 7.47. The van der Waals surface area contributed by atoms with Gasteiger partial charge in [0.15, 0.2) is 17.3 Å². The van der Waals surface area contributed by atoms with Crippen molar-refractivity contribution in [1.82, 2.24) is 0 Å². The number of hydrogen-bond donors (Lipinski definition) is 0. The van der Waals surface area contributed by atoms with Gasteiger partial charge in [0.1, 0.15) is 18.1 Å². The van der Waals surface area contributed by atoms with Gasteiger partial charge in [0.25, 0.3) is 0 Å². The standard InChI is InChI=1S/C26H22Cl2O6/c1-14-20(33-13-15-5-8-18(27)19(28)11-15)10-7-17-23(29)22(34-24(14)17)12-16-6-9-21(30-2)26(32-4)25(16)31-3/h5-12H,13H2,1-4H3/b22-12-. The minimum atomic E-state index is -0.231. The van der Waals surface area contributed by atoms with Gasteiger partial charge in [-0.15, -0.1) is 0 Å². The van der Waals surface area contributed by atoms with E-state index in [-0.39, 0.29) is 18.1 Å². The monoisotopic (exact) mass is 500 g/mol. The Hall–Kier alpha value is -3.35. The Morgan fingerprint density at radius 3 is 2.29 bits per heavy atom. The predicted molar refractivity (Wildman–Crippen MR) is 131 cm³/mol. The molecule has 4 rings (SSSR count). The zero-order valence-electron chi connectivity index (χ0n) is 19.0. The topological polar surface area (TPSA) is 63.2 Å². The number of fused-ring (bicyclic) bond motifs is 1. The summed E-state index contributed by atoms with van der Waals surface area (Å²) in [6.07, 6.45) is 1.62. The molecule has 0 saturated heterocycles. The van der Waals surface area contributed by atoms with Gasteiger partial charge in [-0.3, -0.25) is 4.79 Å². The molecule has 176 valence electrons. The summed E-state index contributed by atoms with van der Waals surface area (Å²) < 4.78 is 28.2. The first-order valence-electron chi connectivity index (χ1n) is 10.3. The average Bonchev–Trinajstić information content (AvgIpc) is 3.16. The molecule has 0 N–H and O–H groups in total. The molecule has 0 radical (unpaired) electrons. The van der Waals surface area contributed by atoms with Crippen molar-refractivity contribution in [2.75, 3.05) is 21.3 Å². The summed E-state index contributed by atoms with van der Waals surface area (Å²) in [7, 11) is 4.58. The summed E-state index contributed by atoms with van der Waals surface area (Å²) in [5.74, 6) is 2.38. The van der Waals surface area contributed by atoms with Gasteiger partial charge >= 0.3 is 0 Å². The van der Waals surface area contributed by atoms with Gasteiger partial charge in [-0.2, -0.15) is 0 Å². The van der Waals surface area contributed by atoms with Crippen LogP contribution in [-0.2, 0) is 6.61 Å². The van der Waals surface area contributed by atoms with Crippen molar-refractivity contribution in [3.8, 4) is 28.7 Å². The number of benzene rings is 3. The lowest BCUT2D eigenvalue weighted by Crippen LogP contribution is -2.00. The van der Waals surface area contributed by atoms with Crippen LogP contribution in [0.3, 0.4) is 0 Å². The molecule has 0 amide bonds. The first-order valence-corrected chi connectivity index (χ1v) is 11.1. The molecule has 0 fully saturated rings. The Bertz CT molecular complexity index is 1300. The largest absolute Gasteiger partial charge is 0.493 e. The van der Waals surface area contributed by atoms with Crippen LogP contribution in [0.5, 0.6) is 28.7 Å². The molecule has 0 aromatic heterocycles. The maximum atomic E-state index is 13.0. The van der Waals surface area contributed by atoms with Crippen molar-refractivity contribution >= 4 is 35.1 Å². The lowest BCUT2D eigenvalue weighted by Gasteiger charge is -2.14. The Labute approximate surface area is 207 Å². The Balaban J connectivity index is 1.61. The number of methoxy groups -OCH3 is 3. The van der Waals surface area contributed by atoms with E-state index in [9.17, 15) is 4.79 Å². The van der Waals surface area contributed by atoms with E-state index in [1.54, 1.807) is 49.6 Å². The van der Waals surface area contributed by atoms with Crippen LogP contribution in [0, 0.1) is 6.92 Å². The summed E-state index contributed by atoms with van der Waals surface area (Å²) in [5, 5.41) is 0.944. The Kier molecular flexibility index (Phi) is 6.91. The molecule has 6 nitrogen and oxygen atoms in total. The molecule has 0 bridgehead atoms. The van der Waals surface area contributed by atoms with Crippen LogP contribution in [0.2, 0.25) is 10.0 Å². The van der Waals surface area contributed by atoms with Gasteiger partial charge in [-0.25, -0.2) is 0 Å². The second kappa shape index (κ2) is 9.87. The van der Waals surface area contributed by atoms with Gasteiger partial charge in [-0.1, -0.05) is 29.3 Å². The quantitative estimate of drug-likeness (QED) is 0.344. The van der Waals surface area contributed by atoms with Crippen LogP contribution in [0.15, 0.2) is 48.2 Å². The molecule has 1 aliphatic heterocycles. The number of rotatable bonds is 7. The fraction of sp³-hybridized carbons (Fsp3) is 0.192.